The summed E-state index contributed by atoms with van der Waals surface area (Å²) in [5, 5.41) is 0.639. The molecule has 152 valence electrons. The molecule has 0 bridgehead atoms. The van der Waals surface area contributed by atoms with E-state index < -0.39 is 0 Å². The number of hydrogen-bond acceptors (Lipinski definition) is 7. The number of amides is 1. The number of rotatable bonds is 6. The predicted octanol–water partition coefficient (Wildman–Crippen LogP) is 3.28. The summed E-state index contributed by atoms with van der Waals surface area (Å²) in [6, 6.07) is 11.1. The van der Waals surface area contributed by atoms with E-state index in [-0.39, 0.29) is 5.91 Å². The minimum absolute atomic E-state index is 0.138. The Balaban J connectivity index is 1.73. The highest BCUT2D eigenvalue weighted by molar-refractivity contribution is 7.22. The Bertz CT molecular complexity index is 991. The van der Waals surface area contributed by atoms with Crippen LogP contribution in [0.4, 0.5) is 5.13 Å². The van der Waals surface area contributed by atoms with Gasteiger partial charge in [-0.1, -0.05) is 23.5 Å². The molecule has 0 saturated heterocycles. The first kappa shape index (κ1) is 19.5. The van der Waals surface area contributed by atoms with Gasteiger partial charge in [-0.25, -0.2) is 4.98 Å². The molecule has 0 spiro atoms. The van der Waals surface area contributed by atoms with Gasteiger partial charge in [-0.15, -0.1) is 0 Å². The van der Waals surface area contributed by atoms with Gasteiger partial charge in [0.2, 0.25) is 0 Å². The zero-order valence-electron chi connectivity index (χ0n) is 16.7. The third kappa shape index (κ3) is 3.99. The number of aromatic nitrogens is 1. The number of carbonyl (C=O) groups excluding carboxylic acids is 1. The molecule has 1 aromatic heterocycles. The molecule has 1 aliphatic rings. The SMILES string of the molecule is COc1ccccc1C(=O)N(CCN(C)C)c1nc2cc3c(cc2s1)OCCO3. The van der Waals surface area contributed by atoms with Gasteiger partial charge in [-0.05, 0) is 26.2 Å². The standard InChI is InChI=1S/C21H23N3O4S/c1-23(2)8-9-24(20(25)14-6-4-5-7-16(14)26-3)21-22-15-12-17-18(13-19(15)29-21)28-11-10-27-17/h4-7,12-13H,8-11H2,1-3H3. The van der Waals surface area contributed by atoms with Crippen molar-refractivity contribution in [2.75, 3.05) is 52.4 Å². The number of carbonyl (C=O) groups is 1. The second-order valence-electron chi connectivity index (χ2n) is 6.92. The Labute approximate surface area is 173 Å². The highest BCUT2D eigenvalue weighted by Crippen LogP contribution is 2.39. The van der Waals surface area contributed by atoms with E-state index in [1.807, 2.05) is 43.3 Å². The average Bonchev–Trinajstić information content (AvgIpc) is 3.14. The van der Waals surface area contributed by atoms with Crippen molar-refractivity contribution in [3.8, 4) is 17.2 Å². The summed E-state index contributed by atoms with van der Waals surface area (Å²) in [6.07, 6.45) is 0. The van der Waals surface area contributed by atoms with Crippen LogP contribution in [-0.2, 0) is 0 Å². The van der Waals surface area contributed by atoms with Gasteiger partial charge in [0.15, 0.2) is 16.6 Å². The van der Waals surface area contributed by atoms with Crippen molar-refractivity contribution >= 4 is 32.6 Å². The fourth-order valence-corrected chi connectivity index (χ4v) is 4.12. The van der Waals surface area contributed by atoms with Crippen molar-refractivity contribution in [1.82, 2.24) is 9.88 Å². The topological polar surface area (TPSA) is 64.1 Å². The van der Waals surface area contributed by atoms with Crippen LogP contribution in [0.25, 0.3) is 10.2 Å². The van der Waals surface area contributed by atoms with Gasteiger partial charge in [-0.3, -0.25) is 9.69 Å². The fraction of sp³-hybridized carbons (Fsp3) is 0.333. The van der Waals surface area contributed by atoms with E-state index in [9.17, 15) is 4.79 Å². The van der Waals surface area contributed by atoms with Gasteiger partial charge in [0.25, 0.3) is 5.91 Å². The largest absolute Gasteiger partial charge is 0.496 e. The summed E-state index contributed by atoms with van der Waals surface area (Å²) < 4.78 is 17.7. The zero-order valence-corrected chi connectivity index (χ0v) is 17.5. The van der Waals surface area contributed by atoms with E-state index in [4.69, 9.17) is 19.2 Å². The van der Waals surface area contributed by atoms with E-state index >= 15 is 0 Å². The molecule has 29 heavy (non-hydrogen) atoms. The Morgan fingerprint density at radius 3 is 2.59 bits per heavy atom. The van der Waals surface area contributed by atoms with Crippen LogP contribution >= 0.6 is 11.3 Å². The maximum Gasteiger partial charge on any atom is 0.263 e. The monoisotopic (exact) mass is 413 g/mol. The molecule has 3 aromatic rings. The minimum atomic E-state index is -0.138. The molecule has 0 radical (unpaired) electrons. The molecule has 0 saturated carbocycles. The average molecular weight is 413 g/mol. The molecule has 2 aromatic carbocycles. The van der Waals surface area contributed by atoms with E-state index in [2.05, 4.69) is 0 Å². The summed E-state index contributed by atoms with van der Waals surface area (Å²) in [6.45, 7) is 2.28. The Morgan fingerprint density at radius 1 is 1.14 bits per heavy atom. The molecule has 8 heteroatoms. The van der Waals surface area contributed by atoms with Crippen LogP contribution < -0.4 is 19.1 Å². The molecule has 1 amide bonds. The van der Waals surface area contributed by atoms with Crippen LogP contribution in [0.15, 0.2) is 36.4 Å². The number of thiazole rings is 1. The number of nitrogens with zero attached hydrogens (tertiary/aromatic N) is 3. The zero-order chi connectivity index (χ0) is 20.4. The van der Waals surface area contributed by atoms with Gasteiger partial charge in [-0.2, -0.15) is 0 Å². The van der Waals surface area contributed by atoms with Crippen LogP contribution in [0.1, 0.15) is 10.4 Å². The number of ether oxygens (including phenoxy) is 3. The van der Waals surface area contributed by atoms with E-state index in [0.29, 0.717) is 48.5 Å². The second-order valence-corrected chi connectivity index (χ2v) is 7.93. The lowest BCUT2D eigenvalue weighted by atomic mass is 10.1. The van der Waals surface area contributed by atoms with Crippen molar-refractivity contribution in [2.24, 2.45) is 0 Å². The first-order chi connectivity index (χ1) is 14.1. The van der Waals surface area contributed by atoms with Gasteiger partial charge in [0.1, 0.15) is 19.0 Å². The van der Waals surface area contributed by atoms with Gasteiger partial charge < -0.3 is 19.1 Å². The highest BCUT2D eigenvalue weighted by atomic mass is 32.1. The van der Waals surface area contributed by atoms with Gasteiger partial charge in [0, 0.05) is 25.2 Å². The van der Waals surface area contributed by atoms with E-state index in [1.165, 1.54) is 11.3 Å². The maximum absolute atomic E-state index is 13.4. The lowest BCUT2D eigenvalue weighted by molar-refractivity contribution is 0.0982. The number of fused-ring (bicyclic) bond motifs is 2. The molecule has 0 aliphatic carbocycles. The number of methoxy groups -OCH3 is 1. The number of anilines is 1. The molecule has 2 heterocycles. The summed E-state index contributed by atoms with van der Waals surface area (Å²) >= 11 is 1.47. The summed E-state index contributed by atoms with van der Waals surface area (Å²) in [5.74, 6) is 1.82. The van der Waals surface area contributed by atoms with Crippen molar-refractivity contribution < 1.29 is 19.0 Å². The van der Waals surface area contributed by atoms with Crippen molar-refractivity contribution in [2.45, 2.75) is 0 Å². The number of para-hydroxylation sites is 1. The number of likely N-dealkylation sites (N-methyl/N-ethyl adjacent to an activating group) is 1. The Kier molecular flexibility index (Phi) is 5.55. The molecule has 0 fully saturated rings. The summed E-state index contributed by atoms with van der Waals surface area (Å²) in [7, 11) is 5.53. The first-order valence-corrected chi connectivity index (χ1v) is 10.2. The molecule has 4 rings (SSSR count). The van der Waals surface area contributed by atoms with Crippen molar-refractivity contribution in [3.05, 3.63) is 42.0 Å². The van der Waals surface area contributed by atoms with Gasteiger partial charge in [0.05, 0.1) is 22.9 Å². The van der Waals surface area contributed by atoms with Crippen molar-refractivity contribution in [3.63, 3.8) is 0 Å². The van der Waals surface area contributed by atoms with Crippen LogP contribution in [0, 0.1) is 0 Å². The highest BCUT2D eigenvalue weighted by Gasteiger charge is 2.25. The Hall–Kier alpha value is -2.84. The summed E-state index contributed by atoms with van der Waals surface area (Å²) in [4.78, 5) is 21.9. The normalized spacial score (nSPS) is 13.0. The summed E-state index contributed by atoms with van der Waals surface area (Å²) in [5.41, 5.74) is 1.30. The maximum atomic E-state index is 13.4. The molecule has 1 aliphatic heterocycles. The third-order valence-corrected chi connectivity index (χ3v) is 5.67. The first-order valence-electron chi connectivity index (χ1n) is 9.36. The molecule has 0 atom stereocenters. The van der Waals surface area contributed by atoms with Crippen LogP contribution in [0.2, 0.25) is 0 Å². The smallest absolute Gasteiger partial charge is 0.263 e. The molecule has 0 unspecified atom stereocenters. The molecule has 7 nitrogen and oxygen atoms in total. The third-order valence-electron chi connectivity index (χ3n) is 4.63. The van der Waals surface area contributed by atoms with Crippen LogP contribution in [0.3, 0.4) is 0 Å². The van der Waals surface area contributed by atoms with Crippen LogP contribution in [-0.4, -0.2) is 63.3 Å². The Morgan fingerprint density at radius 2 is 1.86 bits per heavy atom. The predicted molar refractivity (Wildman–Crippen MR) is 114 cm³/mol. The molecular weight excluding hydrogens is 390 g/mol. The van der Waals surface area contributed by atoms with Gasteiger partial charge >= 0.3 is 0 Å². The molecule has 0 N–H and O–H groups in total. The molecular formula is C21H23N3O4S. The van der Waals surface area contributed by atoms with Crippen LogP contribution in [0.5, 0.6) is 17.2 Å². The van der Waals surface area contributed by atoms with Crippen molar-refractivity contribution in [1.29, 1.82) is 0 Å². The number of benzene rings is 2. The van der Waals surface area contributed by atoms with E-state index in [0.717, 1.165) is 16.0 Å². The minimum Gasteiger partial charge on any atom is -0.496 e. The quantitative estimate of drug-likeness (QED) is 0.618. The fourth-order valence-electron chi connectivity index (χ4n) is 3.12. The lowest BCUT2D eigenvalue weighted by Gasteiger charge is -2.22. The number of hydrogen-bond donors (Lipinski definition) is 0. The lowest BCUT2D eigenvalue weighted by Crippen LogP contribution is -2.36. The second kappa shape index (κ2) is 8.26. The van der Waals surface area contributed by atoms with E-state index in [1.54, 1.807) is 24.1 Å².